The van der Waals surface area contributed by atoms with Crippen LogP contribution in [0.4, 0.5) is 0 Å². The van der Waals surface area contributed by atoms with Gasteiger partial charge in [0.15, 0.2) is 0 Å². The molecule has 80 valence electrons. The lowest BCUT2D eigenvalue weighted by molar-refractivity contribution is -0.153. The van der Waals surface area contributed by atoms with Crippen LogP contribution >= 0.6 is 0 Å². The fourth-order valence-electron chi connectivity index (χ4n) is 2.79. The van der Waals surface area contributed by atoms with Gasteiger partial charge >= 0.3 is 0 Å². The number of amides is 1. The molecule has 1 amide bonds. The van der Waals surface area contributed by atoms with Crippen molar-refractivity contribution in [3.8, 4) is 0 Å². The number of carbonyl (C=O) groups is 1. The molecule has 14 heavy (non-hydrogen) atoms. The Morgan fingerprint density at radius 3 is 2.43 bits per heavy atom. The lowest BCUT2D eigenvalue weighted by Gasteiger charge is -2.56. The molecule has 0 radical (unpaired) electrons. The van der Waals surface area contributed by atoms with Gasteiger partial charge in [-0.1, -0.05) is 13.8 Å². The molecule has 3 aliphatic heterocycles. The summed E-state index contributed by atoms with van der Waals surface area (Å²) in [6.07, 6.45) is 3.13. The molecule has 2 unspecified atom stereocenters. The second-order valence-corrected chi connectivity index (χ2v) is 4.46. The van der Waals surface area contributed by atoms with Crippen LogP contribution in [0.25, 0.3) is 0 Å². The summed E-state index contributed by atoms with van der Waals surface area (Å²) < 4.78 is 0. The van der Waals surface area contributed by atoms with Gasteiger partial charge < -0.3 is 4.90 Å². The van der Waals surface area contributed by atoms with Crippen LogP contribution in [-0.2, 0) is 4.79 Å². The molecule has 3 fully saturated rings. The van der Waals surface area contributed by atoms with Gasteiger partial charge in [-0.2, -0.15) is 0 Å². The van der Waals surface area contributed by atoms with E-state index in [0.717, 1.165) is 13.1 Å². The van der Waals surface area contributed by atoms with E-state index in [1.807, 2.05) is 6.92 Å². The van der Waals surface area contributed by atoms with E-state index in [0.29, 0.717) is 24.4 Å². The quantitative estimate of drug-likeness (QED) is 0.674. The topological polar surface area (TPSA) is 23.6 Å². The molecule has 3 rings (SSSR count). The molecule has 3 heterocycles. The Balaban J connectivity index is 1.89. The zero-order chi connectivity index (χ0) is 10.1. The normalized spacial score (nSPS) is 31.4. The molecule has 0 aliphatic carbocycles. The van der Waals surface area contributed by atoms with E-state index in [2.05, 4.69) is 16.7 Å². The molecular weight excluding hydrogens is 176 g/mol. The lowest BCUT2D eigenvalue weighted by atomic mass is 9.87. The van der Waals surface area contributed by atoms with E-state index in [1.54, 1.807) is 0 Å². The fourth-order valence-corrected chi connectivity index (χ4v) is 2.79. The van der Waals surface area contributed by atoms with Gasteiger partial charge in [0.05, 0.1) is 0 Å². The van der Waals surface area contributed by atoms with Crippen LogP contribution in [-0.4, -0.2) is 47.4 Å². The van der Waals surface area contributed by atoms with Crippen LogP contribution in [0.1, 0.15) is 33.1 Å². The minimum Gasteiger partial charge on any atom is -0.334 e. The highest BCUT2D eigenvalue weighted by Crippen LogP contribution is 2.32. The molecule has 0 N–H and O–H groups in total. The zero-order valence-electron chi connectivity index (χ0n) is 9.20. The van der Waals surface area contributed by atoms with Crippen molar-refractivity contribution in [1.82, 2.24) is 9.80 Å². The van der Waals surface area contributed by atoms with Crippen molar-refractivity contribution in [3.05, 3.63) is 0 Å². The minimum absolute atomic E-state index is 0.349. The first-order chi connectivity index (χ1) is 6.76. The van der Waals surface area contributed by atoms with Gasteiger partial charge in [-0.05, 0) is 19.4 Å². The van der Waals surface area contributed by atoms with Crippen molar-refractivity contribution >= 4 is 5.91 Å². The molecule has 3 saturated heterocycles. The van der Waals surface area contributed by atoms with Gasteiger partial charge in [0.25, 0.3) is 0 Å². The molecule has 0 aromatic rings. The SMILES string of the molecule is CCCN1CC2CC(C1)N2C(=O)CC. The van der Waals surface area contributed by atoms with Crippen LogP contribution in [0.15, 0.2) is 0 Å². The number of hydrogen-bond donors (Lipinski definition) is 0. The minimum atomic E-state index is 0.349. The number of carbonyl (C=O) groups excluding carboxylic acids is 1. The van der Waals surface area contributed by atoms with E-state index >= 15 is 0 Å². The van der Waals surface area contributed by atoms with Crippen molar-refractivity contribution in [2.24, 2.45) is 0 Å². The van der Waals surface area contributed by atoms with Gasteiger partial charge in [0.1, 0.15) is 0 Å². The third-order valence-corrected chi connectivity index (χ3v) is 3.40. The smallest absolute Gasteiger partial charge is 0.222 e. The molecule has 3 aliphatic rings. The first-order valence-corrected chi connectivity index (χ1v) is 5.79. The average molecular weight is 196 g/mol. The summed E-state index contributed by atoms with van der Waals surface area (Å²) in [5.74, 6) is 0.349. The Morgan fingerprint density at radius 1 is 1.29 bits per heavy atom. The molecule has 0 aromatic heterocycles. The highest BCUT2D eigenvalue weighted by Gasteiger charge is 2.45. The third-order valence-electron chi connectivity index (χ3n) is 3.40. The van der Waals surface area contributed by atoms with Gasteiger partial charge in [-0.3, -0.25) is 9.69 Å². The number of rotatable bonds is 3. The highest BCUT2D eigenvalue weighted by molar-refractivity contribution is 5.77. The molecule has 2 bridgehead atoms. The van der Waals surface area contributed by atoms with Crippen molar-refractivity contribution in [3.63, 3.8) is 0 Å². The van der Waals surface area contributed by atoms with Crippen molar-refractivity contribution in [1.29, 1.82) is 0 Å². The fraction of sp³-hybridized carbons (Fsp3) is 0.909. The van der Waals surface area contributed by atoms with Gasteiger partial charge in [-0.15, -0.1) is 0 Å². The molecule has 0 spiro atoms. The number of nitrogens with zero attached hydrogens (tertiary/aromatic N) is 2. The predicted molar refractivity (Wildman–Crippen MR) is 56.1 cm³/mol. The molecule has 3 heteroatoms. The van der Waals surface area contributed by atoms with Crippen LogP contribution in [0.3, 0.4) is 0 Å². The maximum Gasteiger partial charge on any atom is 0.222 e. The molecule has 3 nitrogen and oxygen atoms in total. The second-order valence-electron chi connectivity index (χ2n) is 4.46. The number of piperazine rings is 1. The summed E-state index contributed by atoms with van der Waals surface area (Å²) in [6.45, 7) is 7.59. The van der Waals surface area contributed by atoms with E-state index in [9.17, 15) is 4.79 Å². The first-order valence-electron chi connectivity index (χ1n) is 5.79. The highest BCUT2D eigenvalue weighted by atomic mass is 16.2. The van der Waals surface area contributed by atoms with Crippen LogP contribution in [0.2, 0.25) is 0 Å². The van der Waals surface area contributed by atoms with Crippen LogP contribution in [0.5, 0.6) is 0 Å². The summed E-state index contributed by atoms with van der Waals surface area (Å²) in [7, 11) is 0. The Labute approximate surface area is 86.1 Å². The number of hydrogen-bond acceptors (Lipinski definition) is 2. The molecule has 0 saturated carbocycles. The second kappa shape index (κ2) is 3.89. The van der Waals surface area contributed by atoms with Gasteiger partial charge in [0.2, 0.25) is 5.91 Å². The van der Waals surface area contributed by atoms with E-state index < -0.39 is 0 Å². The third kappa shape index (κ3) is 1.54. The van der Waals surface area contributed by atoms with Crippen molar-refractivity contribution < 1.29 is 4.79 Å². The Hall–Kier alpha value is -0.570. The summed E-state index contributed by atoms with van der Waals surface area (Å²) in [5.41, 5.74) is 0. The summed E-state index contributed by atoms with van der Waals surface area (Å²) >= 11 is 0. The first kappa shape index (κ1) is 9.97. The lowest BCUT2D eigenvalue weighted by Crippen LogP contribution is -2.70. The molecule has 2 atom stereocenters. The van der Waals surface area contributed by atoms with E-state index in [4.69, 9.17) is 0 Å². The summed E-state index contributed by atoms with van der Waals surface area (Å²) in [5, 5.41) is 0. The van der Waals surface area contributed by atoms with Crippen LogP contribution < -0.4 is 0 Å². The maximum atomic E-state index is 11.6. The monoisotopic (exact) mass is 196 g/mol. The summed E-state index contributed by atoms with van der Waals surface area (Å²) in [4.78, 5) is 16.2. The zero-order valence-corrected chi connectivity index (χ0v) is 9.20. The van der Waals surface area contributed by atoms with Crippen molar-refractivity contribution in [2.45, 2.75) is 45.2 Å². The largest absolute Gasteiger partial charge is 0.334 e. The maximum absolute atomic E-state index is 11.6. The molecular formula is C11H20N2O. The Bertz CT molecular complexity index is 217. The number of fused-ring (bicyclic) bond motifs is 2. The molecule has 0 aromatic carbocycles. The van der Waals surface area contributed by atoms with Crippen molar-refractivity contribution in [2.75, 3.05) is 19.6 Å². The average Bonchev–Trinajstić information content (AvgIpc) is 2.18. The predicted octanol–water partition coefficient (Wildman–Crippen LogP) is 1.09. The van der Waals surface area contributed by atoms with E-state index in [1.165, 1.54) is 19.4 Å². The standard InChI is InChI=1S/C11H20N2O/c1-3-5-12-7-9-6-10(8-12)13(9)11(14)4-2/h9-10H,3-8H2,1-2H3. The van der Waals surface area contributed by atoms with Gasteiger partial charge in [0, 0.05) is 31.6 Å². The van der Waals surface area contributed by atoms with E-state index in [-0.39, 0.29) is 0 Å². The number of piperidine rings is 1. The summed E-state index contributed by atoms with van der Waals surface area (Å²) in [6, 6.07) is 1.07. The Morgan fingerprint density at radius 2 is 1.93 bits per heavy atom. The Kier molecular flexibility index (Phi) is 2.77. The van der Waals surface area contributed by atoms with Crippen LogP contribution in [0, 0.1) is 0 Å². The van der Waals surface area contributed by atoms with Gasteiger partial charge in [-0.25, -0.2) is 0 Å².